The van der Waals surface area contributed by atoms with Crippen LogP contribution in [-0.4, -0.2) is 31.6 Å². The Labute approximate surface area is 123 Å². The topological polar surface area (TPSA) is 60.2 Å². The normalized spacial score (nSPS) is 14.1. The molecule has 1 aromatic carbocycles. The number of amides is 1. The van der Waals surface area contributed by atoms with Gasteiger partial charge in [0.1, 0.15) is 5.60 Å². The number of hydrogen-bond acceptors (Lipinski definition) is 4. The van der Waals surface area contributed by atoms with Gasteiger partial charge in [0.05, 0.1) is 30.7 Å². The highest BCUT2D eigenvalue weighted by Gasteiger charge is 2.27. The molecular weight excluding hydrogens is 268 g/mol. The Hall–Kier alpha value is -2.37. The molecule has 1 aromatic heterocycles. The summed E-state index contributed by atoms with van der Waals surface area (Å²) in [6, 6.07) is 7.87. The second kappa shape index (κ2) is 4.87. The summed E-state index contributed by atoms with van der Waals surface area (Å²) in [5.41, 5.74) is 2.33. The summed E-state index contributed by atoms with van der Waals surface area (Å²) in [6.07, 6.45) is 1.35. The first-order valence-corrected chi connectivity index (χ1v) is 6.90. The average molecular weight is 286 g/mol. The van der Waals surface area contributed by atoms with Gasteiger partial charge in [-0.1, -0.05) is 23.4 Å². The van der Waals surface area contributed by atoms with Gasteiger partial charge in [0.15, 0.2) is 0 Å². The fourth-order valence-electron chi connectivity index (χ4n) is 2.33. The van der Waals surface area contributed by atoms with Gasteiger partial charge in [-0.3, -0.25) is 4.90 Å². The summed E-state index contributed by atoms with van der Waals surface area (Å²) in [5, 5.41) is 8.06. The van der Waals surface area contributed by atoms with Crippen molar-refractivity contribution in [3.05, 3.63) is 41.7 Å². The molecule has 0 bridgehead atoms. The van der Waals surface area contributed by atoms with Crippen molar-refractivity contribution in [3.8, 4) is 5.69 Å². The first kappa shape index (κ1) is 13.6. The van der Waals surface area contributed by atoms with Crippen molar-refractivity contribution in [1.82, 2.24) is 19.9 Å². The van der Waals surface area contributed by atoms with Crippen LogP contribution >= 0.6 is 0 Å². The molecular formula is C15H18N4O2. The molecule has 0 saturated heterocycles. The summed E-state index contributed by atoms with van der Waals surface area (Å²) in [7, 11) is 0. The van der Waals surface area contributed by atoms with E-state index in [1.165, 1.54) is 0 Å². The van der Waals surface area contributed by atoms with Gasteiger partial charge in [0, 0.05) is 0 Å². The lowest BCUT2D eigenvalue weighted by Gasteiger charge is -2.26. The smallest absolute Gasteiger partial charge is 0.410 e. The van der Waals surface area contributed by atoms with Crippen molar-refractivity contribution < 1.29 is 9.53 Å². The van der Waals surface area contributed by atoms with E-state index in [1.54, 1.807) is 15.8 Å². The fraction of sp³-hybridized carbons (Fsp3) is 0.400. The van der Waals surface area contributed by atoms with Gasteiger partial charge >= 0.3 is 6.09 Å². The van der Waals surface area contributed by atoms with Crippen molar-refractivity contribution in [3.63, 3.8) is 0 Å². The van der Waals surface area contributed by atoms with Crippen LogP contribution in [0.4, 0.5) is 4.79 Å². The van der Waals surface area contributed by atoms with Gasteiger partial charge in [0.2, 0.25) is 0 Å². The van der Waals surface area contributed by atoms with E-state index in [0.29, 0.717) is 13.1 Å². The highest BCUT2D eigenvalue weighted by atomic mass is 16.6. The Bertz CT molecular complexity index is 672. The zero-order valence-electron chi connectivity index (χ0n) is 12.4. The van der Waals surface area contributed by atoms with E-state index in [4.69, 9.17) is 4.74 Å². The van der Waals surface area contributed by atoms with Crippen molar-refractivity contribution in [2.45, 2.75) is 39.5 Å². The number of carbonyl (C=O) groups is 1. The summed E-state index contributed by atoms with van der Waals surface area (Å²) in [5.74, 6) is 0. The van der Waals surface area contributed by atoms with Gasteiger partial charge in [-0.15, -0.1) is 5.10 Å². The summed E-state index contributed by atoms with van der Waals surface area (Å²) in [4.78, 5) is 14.0. The van der Waals surface area contributed by atoms with Crippen LogP contribution in [0, 0.1) is 0 Å². The molecule has 1 aliphatic heterocycles. The van der Waals surface area contributed by atoms with E-state index in [1.807, 2.05) is 45.0 Å². The maximum absolute atomic E-state index is 12.4. The lowest BCUT2D eigenvalue weighted by molar-refractivity contribution is 0.0217. The van der Waals surface area contributed by atoms with Crippen LogP contribution in [0.1, 0.15) is 32.0 Å². The summed E-state index contributed by atoms with van der Waals surface area (Å²) >= 11 is 0. The molecule has 6 heteroatoms. The second-order valence-corrected chi connectivity index (χ2v) is 6.10. The number of fused-ring (bicyclic) bond motifs is 3. The van der Waals surface area contributed by atoms with Crippen LogP contribution in [0.25, 0.3) is 5.69 Å². The molecule has 6 nitrogen and oxygen atoms in total. The van der Waals surface area contributed by atoms with Gasteiger partial charge in [-0.25, -0.2) is 9.48 Å². The van der Waals surface area contributed by atoms with Gasteiger partial charge in [-0.05, 0) is 32.4 Å². The van der Waals surface area contributed by atoms with E-state index in [0.717, 1.165) is 16.9 Å². The van der Waals surface area contributed by atoms with Crippen LogP contribution in [0.15, 0.2) is 30.5 Å². The van der Waals surface area contributed by atoms with Crippen molar-refractivity contribution in [2.24, 2.45) is 0 Å². The standard InChI is InChI=1S/C15H18N4O2/c1-15(2,3)21-14(20)18-9-11-6-4-5-7-13(11)19-12(10-18)8-16-17-19/h4-8H,9-10H2,1-3H3. The third-order valence-corrected chi connectivity index (χ3v) is 3.21. The number of nitrogens with zero attached hydrogens (tertiary/aromatic N) is 4. The molecule has 1 amide bonds. The molecule has 0 spiro atoms. The predicted octanol–water partition coefficient (Wildman–Crippen LogP) is 2.52. The van der Waals surface area contributed by atoms with E-state index in [9.17, 15) is 4.79 Å². The maximum atomic E-state index is 12.4. The molecule has 1 aliphatic rings. The predicted molar refractivity (Wildman–Crippen MR) is 76.8 cm³/mol. The van der Waals surface area contributed by atoms with Crippen molar-refractivity contribution in [2.75, 3.05) is 0 Å². The van der Waals surface area contributed by atoms with Crippen LogP contribution in [0.5, 0.6) is 0 Å². The van der Waals surface area contributed by atoms with Crippen LogP contribution in [0.3, 0.4) is 0 Å². The molecule has 0 N–H and O–H groups in total. The molecule has 2 heterocycles. The number of para-hydroxylation sites is 1. The molecule has 0 saturated carbocycles. The van der Waals surface area contributed by atoms with E-state index < -0.39 is 5.60 Å². The Balaban J connectivity index is 1.96. The Kier molecular flexibility index (Phi) is 3.16. The molecule has 0 aliphatic carbocycles. The highest BCUT2D eigenvalue weighted by molar-refractivity contribution is 5.68. The summed E-state index contributed by atoms with van der Waals surface area (Å²) < 4.78 is 7.25. The average Bonchev–Trinajstić information content (AvgIpc) is 2.79. The maximum Gasteiger partial charge on any atom is 0.410 e. The van der Waals surface area contributed by atoms with E-state index in [-0.39, 0.29) is 6.09 Å². The number of rotatable bonds is 0. The lowest BCUT2D eigenvalue weighted by Crippen LogP contribution is -2.35. The molecule has 110 valence electrons. The van der Waals surface area contributed by atoms with Crippen molar-refractivity contribution >= 4 is 6.09 Å². The lowest BCUT2D eigenvalue weighted by atomic mass is 10.1. The zero-order valence-corrected chi connectivity index (χ0v) is 12.4. The van der Waals surface area contributed by atoms with E-state index in [2.05, 4.69) is 10.3 Å². The molecule has 0 unspecified atom stereocenters. The van der Waals surface area contributed by atoms with Gasteiger partial charge in [-0.2, -0.15) is 0 Å². The molecule has 0 atom stereocenters. The number of carbonyl (C=O) groups excluding carboxylic acids is 1. The minimum absolute atomic E-state index is 0.327. The summed E-state index contributed by atoms with van der Waals surface area (Å²) in [6.45, 7) is 6.51. The first-order valence-electron chi connectivity index (χ1n) is 6.90. The minimum Gasteiger partial charge on any atom is -0.444 e. The van der Waals surface area contributed by atoms with Crippen LogP contribution < -0.4 is 0 Å². The third-order valence-electron chi connectivity index (χ3n) is 3.21. The van der Waals surface area contributed by atoms with Gasteiger partial charge < -0.3 is 4.74 Å². The minimum atomic E-state index is -0.513. The van der Waals surface area contributed by atoms with E-state index >= 15 is 0 Å². The van der Waals surface area contributed by atoms with Crippen LogP contribution in [0.2, 0.25) is 0 Å². The fourth-order valence-corrected chi connectivity index (χ4v) is 2.33. The molecule has 0 fully saturated rings. The Morgan fingerprint density at radius 2 is 2.00 bits per heavy atom. The second-order valence-electron chi connectivity index (χ2n) is 6.10. The third kappa shape index (κ3) is 2.74. The molecule has 21 heavy (non-hydrogen) atoms. The largest absolute Gasteiger partial charge is 0.444 e. The molecule has 3 rings (SSSR count). The van der Waals surface area contributed by atoms with Crippen LogP contribution in [-0.2, 0) is 17.8 Å². The number of hydrogen-bond donors (Lipinski definition) is 0. The molecule has 2 aromatic rings. The van der Waals surface area contributed by atoms with Crippen molar-refractivity contribution in [1.29, 1.82) is 0 Å². The highest BCUT2D eigenvalue weighted by Crippen LogP contribution is 2.24. The Morgan fingerprint density at radius 3 is 2.76 bits per heavy atom. The van der Waals surface area contributed by atoms with Gasteiger partial charge in [0.25, 0.3) is 0 Å². The number of benzene rings is 1. The monoisotopic (exact) mass is 286 g/mol. The molecule has 0 radical (unpaired) electrons. The Morgan fingerprint density at radius 1 is 1.24 bits per heavy atom. The first-order chi connectivity index (χ1) is 9.94. The SMILES string of the molecule is CC(C)(C)OC(=O)N1Cc2ccccc2-n2nncc2C1. The number of ether oxygens (including phenoxy) is 1. The quantitative estimate of drug-likeness (QED) is 0.746. The zero-order chi connectivity index (χ0) is 15.0. The number of aromatic nitrogens is 3.